The molecule has 11 heavy (non-hydrogen) atoms. The zero-order chi connectivity index (χ0) is 8.32. The number of thioether (sulfide) groups is 1. The van der Waals surface area contributed by atoms with Crippen molar-refractivity contribution in [3.8, 4) is 0 Å². The minimum Gasteiger partial charge on any atom is -0.389 e. The van der Waals surface area contributed by atoms with Gasteiger partial charge in [-0.1, -0.05) is 19.9 Å². The van der Waals surface area contributed by atoms with Crippen molar-refractivity contribution < 1.29 is 5.11 Å². The third kappa shape index (κ3) is 1.79. The highest BCUT2D eigenvalue weighted by Crippen LogP contribution is 2.36. The van der Waals surface area contributed by atoms with Crippen LogP contribution in [0.4, 0.5) is 0 Å². The van der Waals surface area contributed by atoms with E-state index in [1.165, 1.54) is 0 Å². The van der Waals surface area contributed by atoms with Crippen molar-refractivity contribution in [2.24, 2.45) is 0 Å². The van der Waals surface area contributed by atoms with Crippen LogP contribution in [-0.4, -0.2) is 16.0 Å². The molecular weight excluding hydrogens is 156 g/mol. The van der Waals surface area contributed by atoms with Gasteiger partial charge in [-0.2, -0.15) is 0 Å². The minimum atomic E-state index is -0.436. The van der Waals surface area contributed by atoms with Gasteiger partial charge in [-0.25, -0.2) is 0 Å². The summed E-state index contributed by atoms with van der Waals surface area (Å²) in [6.07, 6.45) is 4.90. The molecular formula is C9H16OS. The van der Waals surface area contributed by atoms with Crippen molar-refractivity contribution in [1.82, 2.24) is 0 Å². The van der Waals surface area contributed by atoms with E-state index in [2.05, 4.69) is 25.3 Å². The summed E-state index contributed by atoms with van der Waals surface area (Å²) in [6.45, 7) is 4.12. The second-order valence-electron chi connectivity index (χ2n) is 3.04. The van der Waals surface area contributed by atoms with Crippen molar-refractivity contribution in [3.05, 3.63) is 11.5 Å². The van der Waals surface area contributed by atoms with E-state index in [-0.39, 0.29) is 0 Å². The van der Waals surface area contributed by atoms with Gasteiger partial charge >= 0.3 is 0 Å². The molecule has 0 aromatic carbocycles. The van der Waals surface area contributed by atoms with Gasteiger partial charge in [-0.05, 0) is 24.7 Å². The Balaban J connectivity index is 2.54. The molecule has 0 aromatic heterocycles. The fourth-order valence-corrected chi connectivity index (χ4v) is 2.66. The van der Waals surface area contributed by atoms with E-state index in [4.69, 9.17) is 0 Å². The Morgan fingerprint density at radius 1 is 1.55 bits per heavy atom. The molecule has 0 saturated heterocycles. The molecule has 1 atom stereocenters. The molecule has 0 saturated carbocycles. The number of rotatable bonds is 3. The highest BCUT2D eigenvalue weighted by molar-refractivity contribution is 8.03. The molecule has 0 radical (unpaired) electrons. The van der Waals surface area contributed by atoms with Crippen LogP contribution in [-0.2, 0) is 0 Å². The van der Waals surface area contributed by atoms with Crippen LogP contribution in [0, 0.1) is 0 Å². The van der Waals surface area contributed by atoms with Gasteiger partial charge < -0.3 is 5.11 Å². The van der Waals surface area contributed by atoms with Gasteiger partial charge in [0.1, 0.15) is 0 Å². The van der Waals surface area contributed by atoms with Crippen molar-refractivity contribution >= 4 is 11.8 Å². The average Bonchev–Trinajstić information content (AvgIpc) is 2.55. The van der Waals surface area contributed by atoms with Crippen LogP contribution in [0.2, 0.25) is 0 Å². The van der Waals surface area contributed by atoms with E-state index in [1.807, 2.05) is 0 Å². The maximum Gasteiger partial charge on any atom is 0.0766 e. The SMILES string of the molecule is CCC(O)(CC)C1CC=CS1. The molecule has 1 unspecified atom stereocenters. The fraction of sp³-hybridized carbons (Fsp3) is 0.778. The van der Waals surface area contributed by atoms with Gasteiger partial charge in [0.05, 0.1) is 5.60 Å². The first-order valence-electron chi connectivity index (χ1n) is 4.25. The van der Waals surface area contributed by atoms with E-state index in [1.54, 1.807) is 11.8 Å². The Bertz CT molecular complexity index is 142. The summed E-state index contributed by atoms with van der Waals surface area (Å²) >= 11 is 1.77. The Hall–Kier alpha value is 0.0500. The average molecular weight is 172 g/mol. The lowest BCUT2D eigenvalue weighted by Crippen LogP contribution is -2.37. The molecule has 1 N–H and O–H groups in total. The lowest BCUT2D eigenvalue weighted by atomic mass is 9.91. The van der Waals surface area contributed by atoms with Crippen molar-refractivity contribution in [1.29, 1.82) is 0 Å². The molecule has 1 heterocycles. The van der Waals surface area contributed by atoms with Crippen LogP contribution in [0.3, 0.4) is 0 Å². The maximum atomic E-state index is 10.1. The summed E-state index contributed by atoms with van der Waals surface area (Å²) in [5.74, 6) is 0. The predicted molar refractivity (Wildman–Crippen MR) is 50.7 cm³/mol. The van der Waals surface area contributed by atoms with Crippen molar-refractivity contribution in [3.63, 3.8) is 0 Å². The van der Waals surface area contributed by atoms with Gasteiger partial charge in [-0.15, -0.1) is 11.8 Å². The highest BCUT2D eigenvalue weighted by Gasteiger charge is 2.33. The van der Waals surface area contributed by atoms with Gasteiger partial charge in [-0.3, -0.25) is 0 Å². The second-order valence-corrected chi connectivity index (χ2v) is 4.16. The molecule has 0 spiro atoms. The summed E-state index contributed by atoms with van der Waals surface area (Å²) in [5, 5.41) is 12.6. The molecule has 0 amide bonds. The van der Waals surface area contributed by atoms with Crippen molar-refractivity contribution in [2.45, 2.75) is 44.0 Å². The van der Waals surface area contributed by atoms with Gasteiger partial charge in [0.25, 0.3) is 0 Å². The first-order chi connectivity index (χ1) is 5.23. The smallest absolute Gasteiger partial charge is 0.0766 e. The topological polar surface area (TPSA) is 20.2 Å². The van der Waals surface area contributed by atoms with Crippen LogP contribution in [0.25, 0.3) is 0 Å². The Labute approximate surface area is 72.9 Å². The summed E-state index contributed by atoms with van der Waals surface area (Å²) in [4.78, 5) is 0. The maximum absolute atomic E-state index is 10.1. The third-order valence-corrected chi connectivity index (χ3v) is 3.82. The zero-order valence-corrected chi connectivity index (χ0v) is 8.03. The summed E-state index contributed by atoms with van der Waals surface area (Å²) in [7, 11) is 0. The van der Waals surface area contributed by atoms with Gasteiger partial charge in [0, 0.05) is 5.25 Å². The number of aliphatic hydroxyl groups is 1. The van der Waals surface area contributed by atoms with Crippen LogP contribution < -0.4 is 0 Å². The normalized spacial score (nSPS) is 24.5. The standard InChI is InChI=1S/C9H16OS/c1-3-9(10,4-2)8-6-5-7-11-8/h5,7-8,10H,3-4,6H2,1-2H3. The quantitative estimate of drug-likeness (QED) is 0.706. The van der Waals surface area contributed by atoms with Crippen LogP contribution >= 0.6 is 11.8 Å². The molecule has 0 aliphatic carbocycles. The van der Waals surface area contributed by atoms with E-state index < -0.39 is 5.60 Å². The molecule has 1 nitrogen and oxygen atoms in total. The molecule has 1 aliphatic heterocycles. The Morgan fingerprint density at radius 3 is 2.55 bits per heavy atom. The lowest BCUT2D eigenvalue weighted by Gasteiger charge is -2.31. The zero-order valence-electron chi connectivity index (χ0n) is 7.21. The van der Waals surface area contributed by atoms with Crippen LogP contribution in [0.5, 0.6) is 0 Å². The van der Waals surface area contributed by atoms with E-state index in [0.29, 0.717) is 5.25 Å². The van der Waals surface area contributed by atoms with Crippen LogP contribution in [0.15, 0.2) is 11.5 Å². The molecule has 0 aromatic rings. The van der Waals surface area contributed by atoms with Crippen molar-refractivity contribution in [2.75, 3.05) is 0 Å². The second kappa shape index (κ2) is 3.63. The number of hydrogen-bond donors (Lipinski definition) is 1. The lowest BCUT2D eigenvalue weighted by molar-refractivity contribution is 0.0313. The monoisotopic (exact) mass is 172 g/mol. The third-order valence-electron chi connectivity index (χ3n) is 2.51. The molecule has 1 rings (SSSR count). The van der Waals surface area contributed by atoms with E-state index >= 15 is 0 Å². The van der Waals surface area contributed by atoms with E-state index in [0.717, 1.165) is 19.3 Å². The number of hydrogen-bond acceptors (Lipinski definition) is 2. The molecule has 0 bridgehead atoms. The van der Waals surface area contributed by atoms with E-state index in [9.17, 15) is 5.11 Å². The highest BCUT2D eigenvalue weighted by atomic mass is 32.2. The Morgan fingerprint density at radius 2 is 2.18 bits per heavy atom. The minimum absolute atomic E-state index is 0.400. The fourth-order valence-electron chi connectivity index (χ4n) is 1.44. The molecule has 0 fully saturated rings. The summed E-state index contributed by atoms with van der Waals surface area (Å²) < 4.78 is 0. The van der Waals surface area contributed by atoms with Crippen LogP contribution in [0.1, 0.15) is 33.1 Å². The molecule has 1 aliphatic rings. The number of allylic oxidation sites excluding steroid dienone is 1. The molecule has 64 valence electrons. The summed E-state index contributed by atoms with van der Waals surface area (Å²) in [6, 6.07) is 0. The van der Waals surface area contributed by atoms with Gasteiger partial charge in [0.2, 0.25) is 0 Å². The Kier molecular flexibility index (Phi) is 3.02. The molecule has 2 heteroatoms. The summed E-state index contributed by atoms with van der Waals surface area (Å²) in [5.41, 5.74) is -0.436. The first-order valence-corrected chi connectivity index (χ1v) is 5.20. The largest absolute Gasteiger partial charge is 0.389 e. The predicted octanol–water partition coefficient (Wildman–Crippen LogP) is 2.56. The van der Waals surface area contributed by atoms with Gasteiger partial charge in [0.15, 0.2) is 0 Å². The first kappa shape index (κ1) is 9.14.